The molecule has 5 nitrogen and oxygen atoms in total. The maximum Gasteiger partial charge on any atom is 0.217 e. The molecule has 0 unspecified atom stereocenters. The summed E-state index contributed by atoms with van der Waals surface area (Å²) in [5.74, 6) is 1.01. The van der Waals surface area contributed by atoms with Crippen LogP contribution in [0.1, 0.15) is 19.3 Å². The van der Waals surface area contributed by atoms with Crippen molar-refractivity contribution >= 4 is 33.3 Å². The van der Waals surface area contributed by atoms with Gasteiger partial charge in [0.15, 0.2) is 5.82 Å². The quantitative estimate of drug-likeness (QED) is 0.886. The Bertz CT molecular complexity index is 444. The fourth-order valence-electron chi connectivity index (χ4n) is 2.35. The lowest BCUT2D eigenvalue weighted by Gasteiger charge is -2.32. The summed E-state index contributed by atoms with van der Waals surface area (Å²) in [5.41, 5.74) is 11.9. The van der Waals surface area contributed by atoms with Gasteiger partial charge in [-0.05, 0) is 40.8 Å². The summed E-state index contributed by atoms with van der Waals surface area (Å²) in [6.45, 7) is 1.74. The number of anilines is 2. The van der Waals surface area contributed by atoms with E-state index < -0.39 is 0 Å². The number of nitrogen functional groups attached to an aromatic ring is 1. The Morgan fingerprint density at radius 2 is 2.17 bits per heavy atom. The van der Waals surface area contributed by atoms with Crippen molar-refractivity contribution in [2.75, 3.05) is 23.7 Å². The van der Waals surface area contributed by atoms with Crippen molar-refractivity contribution in [1.82, 2.24) is 4.98 Å². The van der Waals surface area contributed by atoms with Crippen LogP contribution in [-0.4, -0.2) is 24.0 Å². The van der Waals surface area contributed by atoms with Gasteiger partial charge in [-0.1, -0.05) is 0 Å². The third-order valence-electron chi connectivity index (χ3n) is 3.27. The molecule has 98 valence electrons. The molecule has 0 radical (unpaired) electrons. The number of rotatable bonds is 3. The van der Waals surface area contributed by atoms with Crippen LogP contribution in [0.2, 0.25) is 0 Å². The molecule has 0 atom stereocenters. The highest BCUT2D eigenvalue weighted by Gasteiger charge is 2.22. The SMILES string of the molecule is NC(=O)CC1CCN(c2ncc(Br)cc2N)CC1. The number of primary amides is 1. The first-order valence-corrected chi connectivity index (χ1v) is 6.80. The Hall–Kier alpha value is -1.30. The van der Waals surface area contributed by atoms with E-state index in [1.165, 1.54) is 0 Å². The minimum Gasteiger partial charge on any atom is -0.396 e. The van der Waals surface area contributed by atoms with E-state index in [9.17, 15) is 4.79 Å². The smallest absolute Gasteiger partial charge is 0.217 e. The highest BCUT2D eigenvalue weighted by Crippen LogP contribution is 2.28. The minimum absolute atomic E-state index is 0.213. The standard InChI is InChI=1S/C12H17BrN4O/c13-9-6-10(14)12(16-7-9)17-3-1-8(2-4-17)5-11(15)18/h6-8H,1-5,14H2,(H2,15,18). The van der Waals surface area contributed by atoms with E-state index in [1.54, 1.807) is 6.20 Å². The van der Waals surface area contributed by atoms with Crippen molar-refractivity contribution in [2.24, 2.45) is 11.7 Å². The minimum atomic E-state index is -0.213. The van der Waals surface area contributed by atoms with E-state index in [-0.39, 0.29) is 5.91 Å². The van der Waals surface area contributed by atoms with Crippen LogP contribution in [0.4, 0.5) is 11.5 Å². The molecule has 0 aliphatic carbocycles. The largest absolute Gasteiger partial charge is 0.396 e. The van der Waals surface area contributed by atoms with Crippen molar-refractivity contribution in [3.05, 3.63) is 16.7 Å². The Morgan fingerprint density at radius 1 is 1.50 bits per heavy atom. The Morgan fingerprint density at radius 3 is 2.72 bits per heavy atom. The molecule has 1 aromatic rings. The molecule has 2 rings (SSSR count). The first kappa shape index (κ1) is 13.1. The van der Waals surface area contributed by atoms with Gasteiger partial charge in [-0.25, -0.2) is 4.98 Å². The van der Waals surface area contributed by atoms with Gasteiger partial charge in [0, 0.05) is 30.2 Å². The Kier molecular flexibility index (Phi) is 4.06. The molecular formula is C12H17BrN4O. The molecule has 1 fully saturated rings. The van der Waals surface area contributed by atoms with Gasteiger partial charge in [0.05, 0.1) is 5.69 Å². The number of pyridine rings is 1. The molecule has 6 heteroatoms. The zero-order valence-corrected chi connectivity index (χ0v) is 11.7. The molecule has 1 aliphatic rings. The highest BCUT2D eigenvalue weighted by atomic mass is 79.9. The number of hydrogen-bond donors (Lipinski definition) is 2. The zero-order valence-electron chi connectivity index (χ0n) is 10.1. The maximum atomic E-state index is 10.9. The van der Waals surface area contributed by atoms with E-state index >= 15 is 0 Å². The molecule has 0 saturated carbocycles. The highest BCUT2D eigenvalue weighted by molar-refractivity contribution is 9.10. The number of nitrogens with two attached hydrogens (primary N) is 2. The van der Waals surface area contributed by atoms with Crippen LogP contribution in [0.5, 0.6) is 0 Å². The van der Waals surface area contributed by atoms with Gasteiger partial charge >= 0.3 is 0 Å². The van der Waals surface area contributed by atoms with E-state index in [0.717, 1.165) is 36.2 Å². The van der Waals surface area contributed by atoms with Crippen molar-refractivity contribution < 1.29 is 4.79 Å². The molecule has 0 bridgehead atoms. The number of aromatic nitrogens is 1. The van der Waals surface area contributed by atoms with Crippen LogP contribution in [0, 0.1) is 5.92 Å². The fourth-order valence-corrected chi connectivity index (χ4v) is 2.69. The monoisotopic (exact) mass is 312 g/mol. The average molecular weight is 313 g/mol. The van der Waals surface area contributed by atoms with Crippen LogP contribution in [-0.2, 0) is 4.79 Å². The summed E-state index contributed by atoms with van der Waals surface area (Å²) in [6.07, 6.45) is 4.15. The van der Waals surface area contributed by atoms with Crippen LogP contribution in [0.15, 0.2) is 16.7 Å². The molecule has 1 aromatic heterocycles. The number of carbonyl (C=O) groups excluding carboxylic acids is 1. The van der Waals surface area contributed by atoms with Crippen molar-refractivity contribution in [1.29, 1.82) is 0 Å². The first-order chi connectivity index (χ1) is 8.56. The van der Waals surface area contributed by atoms with Crippen molar-refractivity contribution in [3.8, 4) is 0 Å². The Labute approximate surface area is 115 Å². The van der Waals surface area contributed by atoms with E-state index in [4.69, 9.17) is 11.5 Å². The second kappa shape index (κ2) is 5.56. The predicted octanol–water partition coefficient (Wildman–Crippen LogP) is 1.52. The van der Waals surface area contributed by atoms with Gasteiger partial charge in [-0.3, -0.25) is 4.79 Å². The first-order valence-electron chi connectivity index (χ1n) is 6.00. The lowest BCUT2D eigenvalue weighted by Crippen LogP contribution is -2.36. The zero-order chi connectivity index (χ0) is 13.1. The average Bonchev–Trinajstić information content (AvgIpc) is 2.30. The Balaban J connectivity index is 1.99. The van der Waals surface area contributed by atoms with Gasteiger partial charge in [0.25, 0.3) is 0 Å². The van der Waals surface area contributed by atoms with Gasteiger partial charge in [0.1, 0.15) is 0 Å². The number of amides is 1. The molecule has 1 saturated heterocycles. The van der Waals surface area contributed by atoms with Crippen LogP contribution >= 0.6 is 15.9 Å². The van der Waals surface area contributed by atoms with Gasteiger partial charge in [-0.15, -0.1) is 0 Å². The van der Waals surface area contributed by atoms with Gasteiger partial charge < -0.3 is 16.4 Å². The van der Waals surface area contributed by atoms with E-state index in [1.807, 2.05) is 6.07 Å². The summed E-state index contributed by atoms with van der Waals surface area (Å²) in [6, 6.07) is 1.86. The molecule has 1 amide bonds. The van der Waals surface area contributed by atoms with Gasteiger partial charge in [-0.2, -0.15) is 0 Å². The summed E-state index contributed by atoms with van der Waals surface area (Å²) < 4.78 is 0.882. The molecule has 1 aliphatic heterocycles. The van der Waals surface area contributed by atoms with E-state index in [0.29, 0.717) is 18.0 Å². The number of carbonyl (C=O) groups is 1. The maximum absolute atomic E-state index is 10.9. The third-order valence-corrected chi connectivity index (χ3v) is 3.70. The number of halogens is 1. The predicted molar refractivity (Wildman–Crippen MR) is 75.1 cm³/mol. The lowest BCUT2D eigenvalue weighted by molar-refractivity contribution is -0.119. The second-order valence-electron chi connectivity index (χ2n) is 4.67. The van der Waals surface area contributed by atoms with E-state index in [2.05, 4.69) is 25.8 Å². The molecule has 0 aromatic carbocycles. The number of hydrogen-bond acceptors (Lipinski definition) is 4. The van der Waals surface area contributed by atoms with Gasteiger partial charge in [0.2, 0.25) is 5.91 Å². The third kappa shape index (κ3) is 3.13. The molecule has 2 heterocycles. The van der Waals surface area contributed by atoms with Crippen LogP contribution in [0.3, 0.4) is 0 Å². The summed E-state index contributed by atoms with van der Waals surface area (Å²) in [5, 5.41) is 0. The van der Waals surface area contributed by atoms with Crippen molar-refractivity contribution in [3.63, 3.8) is 0 Å². The summed E-state index contributed by atoms with van der Waals surface area (Å²) in [4.78, 5) is 17.4. The number of nitrogens with zero attached hydrogens (tertiary/aromatic N) is 2. The molecule has 0 spiro atoms. The number of piperidine rings is 1. The normalized spacial score (nSPS) is 16.8. The van der Waals surface area contributed by atoms with Crippen molar-refractivity contribution in [2.45, 2.75) is 19.3 Å². The molecule has 18 heavy (non-hydrogen) atoms. The topological polar surface area (TPSA) is 85.2 Å². The summed E-state index contributed by atoms with van der Waals surface area (Å²) in [7, 11) is 0. The lowest BCUT2D eigenvalue weighted by atomic mass is 9.93. The fraction of sp³-hybridized carbons (Fsp3) is 0.500. The second-order valence-corrected chi connectivity index (χ2v) is 5.58. The van der Waals surface area contributed by atoms with Crippen LogP contribution in [0.25, 0.3) is 0 Å². The summed E-state index contributed by atoms with van der Waals surface area (Å²) >= 11 is 3.34. The molecule has 4 N–H and O–H groups in total. The van der Waals surface area contributed by atoms with Crippen LogP contribution < -0.4 is 16.4 Å². The molecular weight excluding hydrogens is 296 g/mol.